The second-order valence-electron chi connectivity index (χ2n) is 4.20. The molecule has 2 aromatic rings. The monoisotopic (exact) mass is 280 g/mol. The van der Waals surface area contributed by atoms with Crippen LogP contribution >= 0.6 is 0 Å². The first kappa shape index (κ1) is 14.4. The zero-order valence-corrected chi connectivity index (χ0v) is 11.1. The second-order valence-corrected chi connectivity index (χ2v) is 4.20. The van der Waals surface area contributed by atoms with Crippen LogP contribution in [0.4, 0.5) is 0 Å². The zero-order chi connectivity index (χ0) is 15.1. The fraction of sp³-hybridized carbons (Fsp3) is 0.0588. The first-order valence-corrected chi connectivity index (χ1v) is 6.20. The van der Waals surface area contributed by atoms with Gasteiger partial charge in [-0.15, -0.1) is 0 Å². The highest BCUT2D eigenvalue weighted by Crippen LogP contribution is 2.19. The molecular weight excluding hydrogens is 268 g/mol. The van der Waals surface area contributed by atoms with Crippen molar-refractivity contribution in [2.75, 3.05) is 0 Å². The lowest BCUT2D eigenvalue weighted by Gasteiger charge is -2.08. The van der Waals surface area contributed by atoms with Crippen LogP contribution in [0.5, 0.6) is 5.75 Å². The number of carbonyl (C=O) groups excluding carboxylic acids is 1. The SMILES string of the molecule is O=Cc1cc(C#CC(=O)O)ccc1OCc1ccccc1. The molecule has 0 heterocycles. The van der Waals surface area contributed by atoms with Crippen molar-refractivity contribution in [1.82, 2.24) is 0 Å². The van der Waals surface area contributed by atoms with Crippen molar-refractivity contribution in [2.45, 2.75) is 6.61 Å². The Morgan fingerprint density at radius 2 is 1.95 bits per heavy atom. The molecule has 2 aromatic carbocycles. The van der Waals surface area contributed by atoms with Crippen LogP contribution in [0.2, 0.25) is 0 Å². The molecule has 0 spiro atoms. The summed E-state index contributed by atoms with van der Waals surface area (Å²) < 4.78 is 5.60. The van der Waals surface area contributed by atoms with Crippen molar-refractivity contribution in [1.29, 1.82) is 0 Å². The fourth-order valence-corrected chi connectivity index (χ4v) is 1.71. The number of rotatable bonds is 4. The van der Waals surface area contributed by atoms with Crippen LogP contribution in [-0.4, -0.2) is 17.4 Å². The molecule has 0 saturated heterocycles. The smallest absolute Gasteiger partial charge is 0.382 e. The molecule has 0 atom stereocenters. The van der Waals surface area contributed by atoms with Crippen LogP contribution in [0.25, 0.3) is 0 Å². The van der Waals surface area contributed by atoms with E-state index in [1.807, 2.05) is 36.3 Å². The summed E-state index contributed by atoms with van der Waals surface area (Å²) in [4.78, 5) is 21.5. The van der Waals surface area contributed by atoms with Gasteiger partial charge in [0.15, 0.2) is 6.29 Å². The maximum Gasteiger partial charge on any atom is 0.382 e. The molecule has 0 radical (unpaired) electrons. The lowest BCUT2D eigenvalue weighted by molar-refractivity contribution is -0.130. The molecule has 0 aliphatic heterocycles. The standard InChI is InChI=1S/C17H12O4/c18-11-15-10-13(7-9-17(19)20)6-8-16(15)21-12-14-4-2-1-3-5-14/h1-6,8,10-11H,12H2,(H,19,20). The van der Waals surface area contributed by atoms with Gasteiger partial charge in [0.2, 0.25) is 0 Å². The number of hydrogen-bond donors (Lipinski definition) is 1. The van der Waals surface area contributed by atoms with Crippen LogP contribution < -0.4 is 4.74 Å². The van der Waals surface area contributed by atoms with Gasteiger partial charge in [-0.25, -0.2) is 4.79 Å². The molecule has 1 N–H and O–H groups in total. The molecule has 0 bridgehead atoms. The van der Waals surface area contributed by atoms with E-state index < -0.39 is 5.97 Å². The Bertz CT molecular complexity index is 709. The van der Waals surface area contributed by atoms with E-state index >= 15 is 0 Å². The number of hydrogen-bond acceptors (Lipinski definition) is 3. The van der Waals surface area contributed by atoms with Crippen LogP contribution in [0.15, 0.2) is 48.5 Å². The third kappa shape index (κ3) is 4.22. The number of aliphatic carboxylic acids is 1. The summed E-state index contributed by atoms with van der Waals surface area (Å²) in [5.74, 6) is 3.68. The minimum Gasteiger partial charge on any atom is -0.488 e. The molecule has 2 rings (SSSR count). The third-order valence-corrected chi connectivity index (χ3v) is 2.69. The van der Waals surface area contributed by atoms with Crippen LogP contribution in [-0.2, 0) is 11.4 Å². The van der Waals surface area contributed by atoms with E-state index in [0.29, 0.717) is 29.8 Å². The van der Waals surface area contributed by atoms with Gasteiger partial charge in [-0.2, -0.15) is 0 Å². The predicted molar refractivity (Wildman–Crippen MR) is 77.1 cm³/mol. The predicted octanol–water partition coefficient (Wildman–Crippen LogP) is 2.51. The number of aldehydes is 1. The Morgan fingerprint density at radius 3 is 2.62 bits per heavy atom. The molecule has 0 aliphatic rings. The van der Waals surface area contributed by atoms with Gasteiger partial charge in [-0.05, 0) is 23.8 Å². The Morgan fingerprint density at radius 1 is 1.19 bits per heavy atom. The number of carboxylic acids is 1. The van der Waals surface area contributed by atoms with Crippen molar-refractivity contribution in [2.24, 2.45) is 0 Å². The minimum atomic E-state index is -1.22. The van der Waals surface area contributed by atoms with E-state index in [9.17, 15) is 9.59 Å². The topological polar surface area (TPSA) is 63.6 Å². The molecule has 0 aliphatic carbocycles. The first-order chi connectivity index (χ1) is 10.2. The van der Waals surface area contributed by atoms with E-state index in [1.54, 1.807) is 12.1 Å². The summed E-state index contributed by atoms with van der Waals surface area (Å²) in [7, 11) is 0. The number of ether oxygens (including phenoxy) is 1. The molecule has 0 unspecified atom stereocenters. The summed E-state index contributed by atoms with van der Waals surface area (Å²) in [5, 5.41) is 8.50. The zero-order valence-electron chi connectivity index (χ0n) is 11.1. The Labute approximate surface area is 122 Å². The van der Waals surface area contributed by atoms with E-state index in [0.717, 1.165) is 5.56 Å². The molecule has 0 fully saturated rings. The summed E-state index contributed by atoms with van der Waals surface area (Å²) in [5.41, 5.74) is 1.78. The average Bonchev–Trinajstić information content (AvgIpc) is 2.52. The second kappa shape index (κ2) is 6.92. The maximum atomic E-state index is 11.1. The summed E-state index contributed by atoms with van der Waals surface area (Å²) >= 11 is 0. The van der Waals surface area contributed by atoms with Gasteiger partial charge in [0.1, 0.15) is 12.4 Å². The van der Waals surface area contributed by atoms with Crippen molar-refractivity contribution in [3.8, 4) is 17.6 Å². The molecule has 4 heteroatoms. The highest BCUT2D eigenvalue weighted by Gasteiger charge is 2.04. The van der Waals surface area contributed by atoms with Crippen molar-refractivity contribution < 1.29 is 19.4 Å². The van der Waals surface area contributed by atoms with Crippen LogP contribution in [0.1, 0.15) is 21.5 Å². The lowest BCUT2D eigenvalue weighted by atomic mass is 10.1. The van der Waals surface area contributed by atoms with Crippen molar-refractivity contribution in [3.05, 3.63) is 65.2 Å². The highest BCUT2D eigenvalue weighted by atomic mass is 16.5. The van der Waals surface area contributed by atoms with Crippen molar-refractivity contribution >= 4 is 12.3 Å². The molecule has 21 heavy (non-hydrogen) atoms. The van der Waals surface area contributed by atoms with Gasteiger partial charge in [-0.1, -0.05) is 36.3 Å². The largest absolute Gasteiger partial charge is 0.488 e. The van der Waals surface area contributed by atoms with Crippen LogP contribution in [0.3, 0.4) is 0 Å². The molecule has 4 nitrogen and oxygen atoms in total. The number of benzene rings is 2. The Balaban J connectivity index is 2.15. The summed E-state index contributed by atoms with van der Waals surface area (Å²) in [6.07, 6.45) is 0.659. The molecule has 0 amide bonds. The normalized spacial score (nSPS) is 9.33. The van der Waals surface area contributed by atoms with Crippen molar-refractivity contribution in [3.63, 3.8) is 0 Å². The number of carboxylic acid groups (broad SMARTS) is 1. The van der Waals surface area contributed by atoms with E-state index in [1.165, 1.54) is 6.07 Å². The maximum absolute atomic E-state index is 11.1. The Kier molecular flexibility index (Phi) is 4.73. The Hall–Kier alpha value is -3.06. The van der Waals surface area contributed by atoms with E-state index in [-0.39, 0.29) is 0 Å². The van der Waals surface area contributed by atoms with Gasteiger partial charge < -0.3 is 9.84 Å². The van der Waals surface area contributed by atoms with Gasteiger partial charge in [0, 0.05) is 11.5 Å². The van der Waals surface area contributed by atoms with Gasteiger partial charge >= 0.3 is 5.97 Å². The van der Waals surface area contributed by atoms with E-state index in [2.05, 4.69) is 5.92 Å². The first-order valence-electron chi connectivity index (χ1n) is 6.20. The van der Waals surface area contributed by atoms with Gasteiger partial charge in [-0.3, -0.25) is 4.79 Å². The van der Waals surface area contributed by atoms with Crippen LogP contribution in [0, 0.1) is 11.8 Å². The van der Waals surface area contributed by atoms with Gasteiger partial charge in [0.25, 0.3) is 0 Å². The minimum absolute atomic E-state index is 0.336. The summed E-state index contributed by atoms with van der Waals surface area (Å²) in [6.45, 7) is 0.349. The lowest BCUT2D eigenvalue weighted by Crippen LogP contribution is -1.98. The molecular formula is C17H12O4. The third-order valence-electron chi connectivity index (χ3n) is 2.69. The summed E-state index contributed by atoms with van der Waals surface area (Å²) in [6, 6.07) is 14.3. The van der Waals surface area contributed by atoms with Gasteiger partial charge in [0.05, 0.1) is 5.56 Å². The molecule has 104 valence electrons. The fourth-order valence-electron chi connectivity index (χ4n) is 1.71. The quantitative estimate of drug-likeness (QED) is 0.690. The average molecular weight is 280 g/mol. The molecule has 0 aromatic heterocycles. The van der Waals surface area contributed by atoms with E-state index in [4.69, 9.17) is 9.84 Å². The molecule has 0 saturated carbocycles. The number of carbonyl (C=O) groups is 2. The highest BCUT2D eigenvalue weighted by molar-refractivity contribution is 5.87.